The number of anilines is 1. The Balaban J connectivity index is 0.00000392. The Labute approximate surface area is 188 Å². The van der Waals surface area contributed by atoms with Crippen molar-refractivity contribution in [2.45, 2.75) is 13.5 Å². The lowest BCUT2D eigenvalue weighted by Gasteiger charge is -2.22. The van der Waals surface area contributed by atoms with E-state index in [1.165, 1.54) is 6.92 Å². The average Bonchev–Trinajstić information content (AvgIpc) is 2.63. The highest BCUT2D eigenvalue weighted by Crippen LogP contribution is 2.17. The van der Waals surface area contributed by atoms with Crippen LogP contribution in [0.2, 0.25) is 5.02 Å². The number of amides is 1. The van der Waals surface area contributed by atoms with Gasteiger partial charge in [0, 0.05) is 44.3 Å². The maximum absolute atomic E-state index is 11.1. The lowest BCUT2D eigenvalue weighted by atomic mass is 10.2. The van der Waals surface area contributed by atoms with E-state index in [1.807, 2.05) is 54.4 Å². The smallest absolute Gasteiger partial charge is 0.221 e. The molecule has 2 aromatic rings. The zero-order chi connectivity index (χ0) is 19.6. The van der Waals surface area contributed by atoms with Crippen molar-refractivity contribution in [3.05, 3.63) is 59.1 Å². The van der Waals surface area contributed by atoms with Gasteiger partial charge >= 0.3 is 0 Å². The lowest BCUT2D eigenvalue weighted by Crippen LogP contribution is -2.40. The highest BCUT2D eigenvalue weighted by molar-refractivity contribution is 14.0. The monoisotopic (exact) mass is 516 g/mol. The van der Waals surface area contributed by atoms with E-state index in [2.05, 4.69) is 15.6 Å². The number of benzene rings is 2. The summed E-state index contributed by atoms with van der Waals surface area (Å²) < 4.78 is 5.73. The van der Waals surface area contributed by atoms with Crippen molar-refractivity contribution in [3.63, 3.8) is 0 Å². The summed E-state index contributed by atoms with van der Waals surface area (Å²) in [5.41, 5.74) is 1.75. The van der Waals surface area contributed by atoms with Crippen LogP contribution in [0.3, 0.4) is 0 Å². The van der Waals surface area contributed by atoms with Gasteiger partial charge < -0.3 is 20.3 Å². The van der Waals surface area contributed by atoms with E-state index in [0.29, 0.717) is 31.1 Å². The standard InChI is InChI=1S/C20H25ClN4O2.HI/c1-15(26)24-17-8-6-9-18(13-17)27-12-11-23-20(22-2)25(3)14-16-7-4-5-10-19(16)21;/h4-10,13H,11-12,14H2,1-3H3,(H,22,23)(H,24,26);1H. The molecule has 28 heavy (non-hydrogen) atoms. The molecule has 0 atom stereocenters. The van der Waals surface area contributed by atoms with Gasteiger partial charge in [-0.1, -0.05) is 35.9 Å². The number of aliphatic imine (C=N–C) groups is 1. The van der Waals surface area contributed by atoms with Crippen LogP contribution >= 0.6 is 35.6 Å². The number of nitrogens with one attached hydrogen (secondary N) is 2. The van der Waals surface area contributed by atoms with Gasteiger partial charge in [0.1, 0.15) is 12.4 Å². The van der Waals surface area contributed by atoms with Crippen molar-refractivity contribution in [1.82, 2.24) is 10.2 Å². The fourth-order valence-corrected chi connectivity index (χ4v) is 2.74. The van der Waals surface area contributed by atoms with E-state index in [0.717, 1.165) is 16.5 Å². The van der Waals surface area contributed by atoms with Crippen LogP contribution in [0.1, 0.15) is 12.5 Å². The fourth-order valence-electron chi connectivity index (χ4n) is 2.54. The summed E-state index contributed by atoms with van der Waals surface area (Å²) in [4.78, 5) is 17.4. The molecule has 0 spiro atoms. The minimum absolute atomic E-state index is 0. The van der Waals surface area contributed by atoms with Gasteiger partial charge in [-0.25, -0.2) is 0 Å². The molecule has 2 aromatic carbocycles. The molecule has 6 nitrogen and oxygen atoms in total. The first-order valence-corrected chi connectivity index (χ1v) is 9.03. The van der Waals surface area contributed by atoms with Crippen LogP contribution in [-0.2, 0) is 11.3 Å². The molecule has 0 aliphatic heterocycles. The predicted molar refractivity (Wildman–Crippen MR) is 126 cm³/mol. The van der Waals surface area contributed by atoms with Crippen molar-refractivity contribution in [1.29, 1.82) is 0 Å². The Kier molecular flexibility index (Phi) is 10.7. The first-order chi connectivity index (χ1) is 13.0. The van der Waals surface area contributed by atoms with Crippen LogP contribution < -0.4 is 15.4 Å². The van der Waals surface area contributed by atoms with Crippen LogP contribution in [0.15, 0.2) is 53.5 Å². The van der Waals surface area contributed by atoms with Crippen molar-refractivity contribution in [2.75, 3.05) is 32.6 Å². The quantitative estimate of drug-likeness (QED) is 0.253. The zero-order valence-corrected chi connectivity index (χ0v) is 19.3. The fraction of sp³-hybridized carbons (Fsp3) is 0.300. The molecule has 0 fully saturated rings. The first kappa shape index (κ1) is 24.0. The van der Waals surface area contributed by atoms with Crippen LogP contribution in [-0.4, -0.2) is 44.0 Å². The van der Waals surface area contributed by atoms with Crippen LogP contribution in [0.5, 0.6) is 5.75 Å². The second-order valence-corrected chi connectivity index (χ2v) is 6.39. The van der Waals surface area contributed by atoms with Crippen LogP contribution in [0.25, 0.3) is 0 Å². The molecule has 0 bridgehead atoms. The summed E-state index contributed by atoms with van der Waals surface area (Å²) in [6.45, 7) is 3.17. The molecule has 0 heterocycles. The summed E-state index contributed by atoms with van der Waals surface area (Å²) in [6, 6.07) is 15.1. The van der Waals surface area contributed by atoms with E-state index < -0.39 is 0 Å². The molecule has 8 heteroatoms. The number of halogens is 2. The summed E-state index contributed by atoms with van der Waals surface area (Å²) in [5, 5.41) is 6.74. The number of hydrogen-bond acceptors (Lipinski definition) is 3. The van der Waals surface area contributed by atoms with Crippen molar-refractivity contribution >= 4 is 53.1 Å². The molecular formula is C20H26ClIN4O2. The molecule has 0 aliphatic rings. The molecule has 0 unspecified atom stereocenters. The summed E-state index contributed by atoms with van der Waals surface area (Å²) in [7, 11) is 3.69. The number of carbonyl (C=O) groups excluding carboxylic acids is 1. The third-order valence-electron chi connectivity index (χ3n) is 3.75. The third kappa shape index (κ3) is 7.93. The lowest BCUT2D eigenvalue weighted by molar-refractivity contribution is -0.114. The Morgan fingerprint density at radius 1 is 1.21 bits per heavy atom. The molecular weight excluding hydrogens is 491 g/mol. The summed E-state index contributed by atoms with van der Waals surface area (Å²) >= 11 is 6.22. The molecule has 2 rings (SSSR count). The van der Waals surface area contributed by atoms with E-state index in [1.54, 1.807) is 13.1 Å². The normalized spacial score (nSPS) is 10.6. The Hall–Kier alpha value is -2.00. The summed E-state index contributed by atoms with van der Waals surface area (Å²) in [6.07, 6.45) is 0. The predicted octanol–water partition coefficient (Wildman–Crippen LogP) is 4.00. The zero-order valence-electron chi connectivity index (χ0n) is 16.2. The van der Waals surface area contributed by atoms with Gasteiger partial charge in [0.15, 0.2) is 5.96 Å². The minimum atomic E-state index is -0.112. The van der Waals surface area contributed by atoms with Gasteiger partial charge in [-0.2, -0.15) is 0 Å². The second-order valence-electron chi connectivity index (χ2n) is 5.98. The maximum atomic E-state index is 11.1. The van der Waals surface area contributed by atoms with E-state index in [-0.39, 0.29) is 29.9 Å². The van der Waals surface area contributed by atoms with E-state index >= 15 is 0 Å². The second kappa shape index (κ2) is 12.5. The van der Waals surface area contributed by atoms with E-state index in [4.69, 9.17) is 16.3 Å². The molecule has 0 saturated heterocycles. The van der Waals surface area contributed by atoms with E-state index in [9.17, 15) is 4.79 Å². The largest absolute Gasteiger partial charge is 0.492 e. The highest BCUT2D eigenvalue weighted by Gasteiger charge is 2.08. The van der Waals surface area contributed by atoms with Crippen molar-refractivity contribution in [2.24, 2.45) is 4.99 Å². The number of nitrogens with zero attached hydrogens (tertiary/aromatic N) is 2. The van der Waals surface area contributed by atoms with Gasteiger partial charge in [-0.15, -0.1) is 24.0 Å². The molecule has 152 valence electrons. The first-order valence-electron chi connectivity index (χ1n) is 8.65. The number of carbonyl (C=O) groups is 1. The molecule has 2 N–H and O–H groups in total. The van der Waals surface area contributed by atoms with Gasteiger partial charge in [-0.05, 0) is 23.8 Å². The number of hydrogen-bond donors (Lipinski definition) is 2. The Morgan fingerprint density at radius 2 is 1.96 bits per heavy atom. The van der Waals surface area contributed by atoms with Crippen LogP contribution in [0.4, 0.5) is 5.69 Å². The molecule has 0 aliphatic carbocycles. The summed E-state index contributed by atoms with van der Waals surface area (Å²) in [5.74, 6) is 1.34. The SMILES string of the molecule is CN=C(NCCOc1cccc(NC(C)=O)c1)N(C)Cc1ccccc1Cl.I. The molecule has 1 amide bonds. The van der Waals surface area contributed by atoms with Crippen molar-refractivity contribution in [3.8, 4) is 5.75 Å². The van der Waals surface area contributed by atoms with Gasteiger partial charge in [0.2, 0.25) is 5.91 Å². The van der Waals surface area contributed by atoms with Gasteiger partial charge in [0.25, 0.3) is 0 Å². The average molecular weight is 517 g/mol. The molecule has 0 radical (unpaired) electrons. The topological polar surface area (TPSA) is 66.0 Å². The number of ether oxygens (including phenoxy) is 1. The van der Waals surface area contributed by atoms with Gasteiger partial charge in [-0.3, -0.25) is 9.79 Å². The maximum Gasteiger partial charge on any atom is 0.221 e. The number of guanidine groups is 1. The Morgan fingerprint density at radius 3 is 2.64 bits per heavy atom. The minimum Gasteiger partial charge on any atom is -0.492 e. The van der Waals surface area contributed by atoms with Gasteiger partial charge in [0.05, 0.1) is 6.54 Å². The molecule has 0 saturated carbocycles. The van der Waals surface area contributed by atoms with Crippen LogP contribution in [0, 0.1) is 0 Å². The third-order valence-corrected chi connectivity index (χ3v) is 4.12. The highest BCUT2D eigenvalue weighted by atomic mass is 127. The number of rotatable bonds is 7. The van der Waals surface area contributed by atoms with Crippen molar-refractivity contribution < 1.29 is 9.53 Å². The molecule has 0 aromatic heterocycles. The Bertz CT molecular complexity index is 801.